The summed E-state index contributed by atoms with van der Waals surface area (Å²) in [6.45, 7) is 6.12. The zero-order chi connectivity index (χ0) is 10.1. The maximum Gasteiger partial charge on any atom is 0.0794 e. The smallest absolute Gasteiger partial charge is 0.0794 e. The fraction of sp³-hybridized carbons (Fsp3) is 0.727. The van der Waals surface area contributed by atoms with Crippen LogP contribution in [0.1, 0.15) is 11.3 Å². The van der Waals surface area contributed by atoms with E-state index >= 15 is 0 Å². The Labute approximate surface area is 107 Å². The third kappa shape index (κ3) is 2.56. The molecule has 0 bridgehead atoms. The average molecular weight is 260 g/mol. The molecule has 16 heavy (non-hydrogen) atoms. The summed E-state index contributed by atoms with van der Waals surface area (Å²) in [6.07, 6.45) is 3.38. The topological polar surface area (TPSA) is 28.2 Å². The van der Waals surface area contributed by atoms with Gasteiger partial charge in [-0.1, -0.05) is 0 Å². The van der Waals surface area contributed by atoms with Crippen LogP contribution in [0, 0.1) is 11.8 Å². The zero-order valence-electron chi connectivity index (χ0n) is 9.26. The second-order valence-corrected chi connectivity index (χ2v) is 5.64. The maximum atomic E-state index is 4.13. The van der Waals surface area contributed by atoms with E-state index in [1.807, 2.05) is 11.7 Å². The van der Waals surface area contributed by atoms with E-state index in [2.05, 4.69) is 15.2 Å². The molecule has 2 unspecified atom stereocenters. The highest BCUT2D eigenvalue weighted by molar-refractivity contribution is 7.09. The minimum atomic E-state index is 0. The molecule has 2 aliphatic rings. The molecule has 5 heteroatoms. The Bertz CT molecular complexity index is 317. The Hall–Kier alpha value is -0.160. The Kier molecular flexibility index (Phi) is 4.19. The van der Waals surface area contributed by atoms with Gasteiger partial charge in [-0.25, -0.2) is 0 Å². The molecule has 0 aromatic carbocycles. The molecule has 0 aliphatic carbocycles. The quantitative estimate of drug-likeness (QED) is 0.875. The third-order valence-electron chi connectivity index (χ3n) is 3.65. The van der Waals surface area contributed by atoms with Gasteiger partial charge in [0.25, 0.3) is 0 Å². The molecule has 3 rings (SSSR count). The Morgan fingerprint density at radius 3 is 3.12 bits per heavy atom. The van der Waals surface area contributed by atoms with Crippen molar-refractivity contribution in [2.45, 2.75) is 13.0 Å². The highest BCUT2D eigenvalue weighted by Gasteiger charge is 2.32. The predicted octanol–water partition coefficient (Wildman–Crippen LogP) is 1.61. The number of nitrogens with zero attached hydrogens (tertiary/aromatic N) is 2. The summed E-state index contributed by atoms with van der Waals surface area (Å²) in [5.41, 5.74) is 1.93. The van der Waals surface area contributed by atoms with Crippen LogP contribution in [0.3, 0.4) is 0 Å². The molecule has 3 heterocycles. The number of fused-ring (bicyclic) bond motifs is 1. The standard InChI is InChI=1S/C11H17N3S.ClH/c1-2-14(7-11-5-13-8-15-11)6-10-4-12-3-9(1)10;/h5,8-10,12H,1-4,6-7H2;1H. The largest absolute Gasteiger partial charge is 0.316 e. The van der Waals surface area contributed by atoms with Crippen molar-refractivity contribution in [3.63, 3.8) is 0 Å². The number of halogens is 1. The van der Waals surface area contributed by atoms with Crippen LogP contribution in [-0.4, -0.2) is 36.1 Å². The van der Waals surface area contributed by atoms with Gasteiger partial charge >= 0.3 is 0 Å². The molecule has 2 fully saturated rings. The van der Waals surface area contributed by atoms with Gasteiger partial charge in [0, 0.05) is 24.2 Å². The lowest BCUT2D eigenvalue weighted by atomic mass is 9.89. The molecule has 2 aliphatic heterocycles. The van der Waals surface area contributed by atoms with Gasteiger partial charge in [0.2, 0.25) is 0 Å². The van der Waals surface area contributed by atoms with Gasteiger partial charge in [0.05, 0.1) is 5.51 Å². The number of rotatable bonds is 2. The van der Waals surface area contributed by atoms with E-state index in [1.54, 1.807) is 11.3 Å². The van der Waals surface area contributed by atoms with Crippen LogP contribution in [0.2, 0.25) is 0 Å². The third-order valence-corrected chi connectivity index (χ3v) is 4.42. The highest BCUT2D eigenvalue weighted by Crippen LogP contribution is 2.27. The van der Waals surface area contributed by atoms with Crippen LogP contribution in [0.5, 0.6) is 0 Å². The summed E-state index contributed by atoms with van der Waals surface area (Å²) >= 11 is 1.77. The van der Waals surface area contributed by atoms with E-state index in [9.17, 15) is 0 Å². The summed E-state index contributed by atoms with van der Waals surface area (Å²) in [5, 5.41) is 3.51. The molecule has 90 valence electrons. The number of piperidine rings is 1. The molecule has 0 saturated carbocycles. The van der Waals surface area contributed by atoms with Crippen molar-refractivity contribution >= 4 is 23.7 Å². The second kappa shape index (κ2) is 5.45. The number of thiazole rings is 1. The van der Waals surface area contributed by atoms with E-state index in [1.165, 1.54) is 37.5 Å². The zero-order valence-corrected chi connectivity index (χ0v) is 10.9. The molecule has 1 N–H and O–H groups in total. The second-order valence-electron chi connectivity index (χ2n) is 4.67. The lowest BCUT2D eigenvalue weighted by Gasteiger charge is -2.34. The Balaban J connectivity index is 0.000000963. The van der Waals surface area contributed by atoms with Gasteiger partial charge in [-0.2, -0.15) is 0 Å². The van der Waals surface area contributed by atoms with Gasteiger partial charge in [-0.15, -0.1) is 23.7 Å². The molecule has 2 saturated heterocycles. The first-order chi connectivity index (χ1) is 7.42. The lowest BCUT2D eigenvalue weighted by Crippen LogP contribution is -2.39. The van der Waals surface area contributed by atoms with E-state index in [0.29, 0.717) is 0 Å². The molecular weight excluding hydrogens is 242 g/mol. The average Bonchev–Trinajstić information content (AvgIpc) is 2.87. The lowest BCUT2D eigenvalue weighted by molar-refractivity contribution is 0.143. The number of nitrogens with one attached hydrogen (secondary N) is 1. The van der Waals surface area contributed by atoms with Crippen molar-refractivity contribution in [2.24, 2.45) is 11.8 Å². The highest BCUT2D eigenvalue weighted by atomic mass is 35.5. The Morgan fingerprint density at radius 1 is 1.44 bits per heavy atom. The maximum absolute atomic E-state index is 4.13. The molecular formula is C11H18ClN3S. The van der Waals surface area contributed by atoms with Crippen LogP contribution in [0.4, 0.5) is 0 Å². The summed E-state index contributed by atoms with van der Waals surface area (Å²) in [4.78, 5) is 8.12. The fourth-order valence-electron chi connectivity index (χ4n) is 2.79. The summed E-state index contributed by atoms with van der Waals surface area (Å²) in [7, 11) is 0. The molecule has 2 atom stereocenters. The summed E-state index contributed by atoms with van der Waals surface area (Å²) < 4.78 is 0. The first-order valence-electron chi connectivity index (χ1n) is 5.72. The van der Waals surface area contributed by atoms with Crippen LogP contribution in [0.25, 0.3) is 0 Å². The van der Waals surface area contributed by atoms with Crippen molar-refractivity contribution in [1.29, 1.82) is 0 Å². The van der Waals surface area contributed by atoms with E-state index in [-0.39, 0.29) is 12.4 Å². The first kappa shape index (κ1) is 12.3. The van der Waals surface area contributed by atoms with Gasteiger partial charge in [-0.3, -0.25) is 9.88 Å². The van der Waals surface area contributed by atoms with Crippen molar-refractivity contribution in [3.8, 4) is 0 Å². The fourth-order valence-corrected chi connectivity index (χ4v) is 3.43. The van der Waals surface area contributed by atoms with Gasteiger partial charge in [0.15, 0.2) is 0 Å². The van der Waals surface area contributed by atoms with Crippen LogP contribution < -0.4 is 5.32 Å². The number of aromatic nitrogens is 1. The van der Waals surface area contributed by atoms with Gasteiger partial charge in [0.1, 0.15) is 0 Å². The van der Waals surface area contributed by atoms with Crippen LogP contribution >= 0.6 is 23.7 Å². The van der Waals surface area contributed by atoms with E-state index in [0.717, 1.165) is 18.4 Å². The number of hydrogen-bond acceptors (Lipinski definition) is 4. The first-order valence-corrected chi connectivity index (χ1v) is 6.60. The van der Waals surface area contributed by atoms with E-state index < -0.39 is 0 Å². The van der Waals surface area contributed by atoms with Crippen molar-refractivity contribution < 1.29 is 0 Å². The molecule has 1 aromatic rings. The Morgan fingerprint density at radius 2 is 2.31 bits per heavy atom. The van der Waals surface area contributed by atoms with Crippen molar-refractivity contribution in [3.05, 3.63) is 16.6 Å². The van der Waals surface area contributed by atoms with Gasteiger partial charge in [-0.05, 0) is 37.9 Å². The minimum absolute atomic E-state index is 0. The van der Waals surface area contributed by atoms with E-state index in [4.69, 9.17) is 0 Å². The van der Waals surface area contributed by atoms with Crippen molar-refractivity contribution in [1.82, 2.24) is 15.2 Å². The SMILES string of the molecule is Cl.c1ncc(CN2CCC3CNCC3C2)s1. The molecule has 0 amide bonds. The number of likely N-dealkylation sites (tertiary alicyclic amines) is 1. The monoisotopic (exact) mass is 259 g/mol. The minimum Gasteiger partial charge on any atom is -0.316 e. The van der Waals surface area contributed by atoms with Gasteiger partial charge < -0.3 is 5.32 Å². The summed E-state index contributed by atoms with van der Waals surface area (Å²) in [6, 6.07) is 0. The molecule has 3 nitrogen and oxygen atoms in total. The normalized spacial score (nSPS) is 29.8. The summed E-state index contributed by atoms with van der Waals surface area (Å²) in [5.74, 6) is 1.84. The molecule has 1 aromatic heterocycles. The predicted molar refractivity (Wildman–Crippen MR) is 69.1 cm³/mol. The molecule has 0 spiro atoms. The van der Waals surface area contributed by atoms with Crippen molar-refractivity contribution in [2.75, 3.05) is 26.2 Å². The van der Waals surface area contributed by atoms with Crippen LogP contribution in [-0.2, 0) is 6.54 Å². The molecule has 0 radical (unpaired) electrons. The van der Waals surface area contributed by atoms with Crippen LogP contribution in [0.15, 0.2) is 11.7 Å². The number of hydrogen-bond donors (Lipinski definition) is 1.